The van der Waals surface area contributed by atoms with E-state index in [1.165, 1.54) is 0 Å². The van der Waals surface area contributed by atoms with Gasteiger partial charge >= 0.3 is 0 Å². The molecule has 0 spiro atoms. The van der Waals surface area contributed by atoms with Crippen molar-refractivity contribution in [3.05, 3.63) is 182 Å². The minimum absolute atomic E-state index is 0.549. The molecule has 0 unspecified atom stereocenters. The Labute approximate surface area is 320 Å². The quantitative estimate of drug-likeness (QED) is 0.178. The second-order valence-electron chi connectivity index (χ2n) is 14.1. The average Bonchev–Trinajstić information content (AvgIpc) is 4.00. The lowest BCUT2D eigenvalue weighted by Gasteiger charge is -2.14. The molecule has 262 valence electrons. The summed E-state index contributed by atoms with van der Waals surface area (Å²) in [5, 5.41) is 6.70. The third-order valence-electron chi connectivity index (χ3n) is 10.9. The van der Waals surface area contributed by atoms with Crippen LogP contribution in [0.4, 0.5) is 0 Å². The van der Waals surface area contributed by atoms with Gasteiger partial charge in [0.15, 0.2) is 11.6 Å². The van der Waals surface area contributed by atoms with Crippen LogP contribution in [0.3, 0.4) is 0 Å². The highest BCUT2D eigenvalue weighted by molar-refractivity contribution is 6.23. The molecule has 0 bridgehead atoms. The molecule has 5 heterocycles. The molecule has 0 saturated carbocycles. The molecule has 0 aliphatic rings. The van der Waals surface area contributed by atoms with Crippen molar-refractivity contribution in [2.75, 3.05) is 0 Å². The van der Waals surface area contributed by atoms with Gasteiger partial charge < -0.3 is 4.42 Å². The maximum Gasteiger partial charge on any atom is 0.239 e. The van der Waals surface area contributed by atoms with Crippen LogP contribution in [-0.2, 0) is 0 Å². The standard InChI is InChI=1S/C49H30N6O/c1-4-16-31(17-5-1)45-50-46(32-18-6-2-7-19-32)52-49(51-45)55-40-26-14-11-23-36(40)43-35-22-10-13-25-39(35)53(47(43)55)34-28-29-41-38(30-34)44-37-24-12-15-27-42(37)56-48(44)54(41)33-20-8-3-9-21-33/h1-30H. The summed E-state index contributed by atoms with van der Waals surface area (Å²) in [6, 6.07) is 63.0. The maximum absolute atomic E-state index is 6.64. The first-order chi connectivity index (χ1) is 27.8. The van der Waals surface area contributed by atoms with Gasteiger partial charge in [-0.1, -0.05) is 133 Å². The fourth-order valence-corrected chi connectivity index (χ4v) is 8.51. The summed E-state index contributed by atoms with van der Waals surface area (Å²) in [4.78, 5) is 15.5. The Morgan fingerprint density at radius 3 is 1.57 bits per heavy atom. The minimum Gasteiger partial charge on any atom is -0.439 e. The molecule has 0 aliphatic heterocycles. The number of hydrogen-bond donors (Lipinski definition) is 0. The topological polar surface area (TPSA) is 66.6 Å². The number of fused-ring (bicyclic) bond motifs is 10. The van der Waals surface area contributed by atoms with Crippen LogP contribution in [0, 0.1) is 0 Å². The number of furan rings is 1. The molecule has 7 heteroatoms. The summed E-state index contributed by atoms with van der Waals surface area (Å²) in [5.41, 5.74) is 9.76. The number of para-hydroxylation sites is 4. The van der Waals surface area contributed by atoms with Crippen LogP contribution in [0.1, 0.15) is 0 Å². The van der Waals surface area contributed by atoms with Crippen LogP contribution in [0.25, 0.3) is 106 Å². The van der Waals surface area contributed by atoms with Gasteiger partial charge in [0.1, 0.15) is 11.2 Å². The van der Waals surface area contributed by atoms with Crippen LogP contribution in [-0.4, -0.2) is 28.7 Å². The Kier molecular flexibility index (Phi) is 6.50. The molecular formula is C49H30N6O. The number of nitrogens with zero attached hydrogens (tertiary/aromatic N) is 6. The van der Waals surface area contributed by atoms with E-state index in [1.807, 2.05) is 78.9 Å². The van der Waals surface area contributed by atoms with Crippen molar-refractivity contribution in [3.63, 3.8) is 0 Å². The molecule has 12 rings (SSSR count). The third kappa shape index (κ3) is 4.42. The van der Waals surface area contributed by atoms with Crippen LogP contribution < -0.4 is 0 Å². The predicted octanol–water partition coefficient (Wildman–Crippen LogP) is 12.1. The SMILES string of the molecule is c1ccc(-c2nc(-c3ccccc3)nc(-n3c4ccccc4c4c5ccccc5n(-c5ccc6c(c5)c5c7ccccc7oc5n6-c5ccccc5)c43)n2)cc1. The van der Waals surface area contributed by atoms with Crippen LogP contribution in [0.5, 0.6) is 0 Å². The summed E-state index contributed by atoms with van der Waals surface area (Å²) >= 11 is 0. The molecule has 56 heavy (non-hydrogen) atoms. The normalized spacial score (nSPS) is 11.9. The Balaban J connectivity index is 1.21. The monoisotopic (exact) mass is 718 g/mol. The van der Waals surface area contributed by atoms with Gasteiger partial charge in [0, 0.05) is 49.4 Å². The highest BCUT2D eigenvalue weighted by Crippen LogP contribution is 2.43. The Morgan fingerprint density at radius 2 is 0.911 bits per heavy atom. The lowest BCUT2D eigenvalue weighted by atomic mass is 10.1. The van der Waals surface area contributed by atoms with Crippen molar-refractivity contribution in [1.82, 2.24) is 28.7 Å². The first kappa shape index (κ1) is 30.7. The van der Waals surface area contributed by atoms with Gasteiger partial charge in [0.2, 0.25) is 11.7 Å². The van der Waals surface area contributed by atoms with Gasteiger partial charge in [0.25, 0.3) is 0 Å². The molecule has 5 aromatic heterocycles. The lowest BCUT2D eigenvalue weighted by molar-refractivity contribution is 0.645. The molecule has 0 fully saturated rings. The van der Waals surface area contributed by atoms with Crippen molar-refractivity contribution in [2.24, 2.45) is 0 Å². The minimum atomic E-state index is 0.549. The largest absolute Gasteiger partial charge is 0.439 e. The third-order valence-corrected chi connectivity index (χ3v) is 10.9. The zero-order valence-corrected chi connectivity index (χ0v) is 29.9. The van der Waals surface area contributed by atoms with E-state index >= 15 is 0 Å². The van der Waals surface area contributed by atoms with Gasteiger partial charge in [-0.25, -0.2) is 4.98 Å². The van der Waals surface area contributed by atoms with E-state index in [1.54, 1.807) is 0 Å². The molecular weight excluding hydrogens is 689 g/mol. The van der Waals surface area contributed by atoms with Crippen LogP contribution in [0.15, 0.2) is 186 Å². The highest BCUT2D eigenvalue weighted by atomic mass is 16.3. The molecule has 0 atom stereocenters. The summed E-state index contributed by atoms with van der Waals surface area (Å²) < 4.78 is 13.5. The van der Waals surface area contributed by atoms with Gasteiger partial charge in [0.05, 0.1) is 21.9 Å². The van der Waals surface area contributed by atoms with Crippen LogP contribution in [0.2, 0.25) is 0 Å². The van der Waals surface area contributed by atoms with Crippen molar-refractivity contribution in [3.8, 4) is 40.1 Å². The van der Waals surface area contributed by atoms with E-state index in [0.717, 1.165) is 88.3 Å². The second-order valence-corrected chi connectivity index (χ2v) is 14.1. The zero-order valence-electron chi connectivity index (χ0n) is 29.9. The van der Waals surface area contributed by atoms with E-state index in [2.05, 4.69) is 117 Å². The van der Waals surface area contributed by atoms with Gasteiger partial charge in [-0.05, 0) is 48.5 Å². The van der Waals surface area contributed by atoms with Crippen LogP contribution >= 0.6 is 0 Å². The Hall–Kier alpha value is -7.77. The average molecular weight is 719 g/mol. The Morgan fingerprint density at radius 1 is 0.375 bits per heavy atom. The molecule has 0 amide bonds. The van der Waals surface area contributed by atoms with E-state index in [4.69, 9.17) is 19.4 Å². The highest BCUT2D eigenvalue weighted by Gasteiger charge is 2.26. The molecule has 0 saturated heterocycles. The van der Waals surface area contributed by atoms with Crippen molar-refractivity contribution in [1.29, 1.82) is 0 Å². The van der Waals surface area contributed by atoms with E-state index < -0.39 is 0 Å². The zero-order chi connectivity index (χ0) is 36.7. The molecule has 0 aliphatic carbocycles. The fourth-order valence-electron chi connectivity index (χ4n) is 8.51. The second kappa shape index (κ2) is 11.9. The fraction of sp³-hybridized carbons (Fsp3) is 0. The van der Waals surface area contributed by atoms with Crippen molar-refractivity contribution in [2.45, 2.75) is 0 Å². The van der Waals surface area contributed by atoms with Gasteiger partial charge in [-0.2, -0.15) is 9.97 Å². The number of hydrogen-bond acceptors (Lipinski definition) is 4. The molecule has 0 N–H and O–H groups in total. The summed E-state index contributed by atoms with van der Waals surface area (Å²) in [7, 11) is 0. The van der Waals surface area contributed by atoms with E-state index in [-0.39, 0.29) is 0 Å². The van der Waals surface area contributed by atoms with E-state index in [0.29, 0.717) is 17.6 Å². The summed E-state index contributed by atoms with van der Waals surface area (Å²) in [6.07, 6.45) is 0. The molecule has 7 aromatic carbocycles. The number of aromatic nitrogens is 6. The maximum atomic E-state index is 6.64. The summed E-state index contributed by atoms with van der Waals surface area (Å²) in [6.45, 7) is 0. The first-order valence-electron chi connectivity index (χ1n) is 18.7. The molecule has 7 nitrogen and oxygen atoms in total. The first-order valence-corrected chi connectivity index (χ1v) is 18.7. The lowest BCUT2D eigenvalue weighted by Crippen LogP contribution is -2.08. The molecule has 0 radical (unpaired) electrons. The number of rotatable bonds is 5. The smallest absolute Gasteiger partial charge is 0.239 e. The number of benzene rings is 7. The molecule has 12 aromatic rings. The predicted molar refractivity (Wildman–Crippen MR) is 226 cm³/mol. The Bertz CT molecular complexity index is 3410. The van der Waals surface area contributed by atoms with Gasteiger partial charge in [-0.3, -0.25) is 13.7 Å². The van der Waals surface area contributed by atoms with Gasteiger partial charge in [-0.15, -0.1) is 0 Å². The van der Waals surface area contributed by atoms with Crippen molar-refractivity contribution < 1.29 is 4.42 Å². The van der Waals surface area contributed by atoms with E-state index in [9.17, 15) is 0 Å². The summed E-state index contributed by atoms with van der Waals surface area (Å²) in [5.74, 6) is 1.77. The van der Waals surface area contributed by atoms with Crippen molar-refractivity contribution >= 4 is 65.8 Å².